The first kappa shape index (κ1) is 14.7. The molecule has 4 aliphatic carbocycles. The molecular weight excluding hydrogens is 272 g/mol. The Bertz CT molecular complexity index is 560. The maximum absolute atomic E-state index is 11.4. The van der Waals surface area contributed by atoms with Crippen molar-refractivity contribution in [3.63, 3.8) is 0 Å². The summed E-state index contributed by atoms with van der Waals surface area (Å²) in [4.78, 5) is 11.4. The normalized spacial score (nSPS) is 50.3. The third kappa shape index (κ3) is 1.79. The van der Waals surface area contributed by atoms with Gasteiger partial charge in [0.25, 0.3) is 0 Å². The predicted octanol–water partition coefficient (Wildman–Crippen LogP) is 4.05. The lowest BCUT2D eigenvalue weighted by Crippen LogP contribution is -2.50. The fourth-order valence-corrected chi connectivity index (χ4v) is 6.42. The van der Waals surface area contributed by atoms with E-state index >= 15 is 0 Å². The number of hydrogen-bond acceptors (Lipinski definition) is 2. The van der Waals surface area contributed by atoms with E-state index in [1.165, 1.54) is 12.0 Å². The van der Waals surface area contributed by atoms with E-state index in [4.69, 9.17) is 0 Å². The Hall–Kier alpha value is -0.890. The van der Waals surface area contributed by atoms with Crippen molar-refractivity contribution >= 4 is 6.29 Å². The molecule has 0 bridgehead atoms. The molecule has 1 N–H and O–H groups in total. The summed E-state index contributed by atoms with van der Waals surface area (Å²) in [7, 11) is 0. The Kier molecular flexibility index (Phi) is 3.21. The Morgan fingerprint density at radius 1 is 1.09 bits per heavy atom. The Balaban J connectivity index is 1.68. The van der Waals surface area contributed by atoms with Gasteiger partial charge in [-0.25, -0.2) is 0 Å². The van der Waals surface area contributed by atoms with Crippen molar-refractivity contribution in [1.82, 2.24) is 0 Å². The molecule has 0 saturated heterocycles. The van der Waals surface area contributed by atoms with Crippen LogP contribution in [-0.4, -0.2) is 17.5 Å². The van der Waals surface area contributed by atoms with Gasteiger partial charge in [-0.2, -0.15) is 0 Å². The van der Waals surface area contributed by atoms with E-state index in [-0.39, 0.29) is 11.5 Å². The van der Waals surface area contributed by atoms with Crippen LogP contribution in [0.1, 0.15) is 58.8 Å². The summed E-state index contributed by atoms with van der Waals surface area (Å²) in [6.07, 6.45) is 13.3. The van der Waals surface area contributed by atoms with Gasteiger partial charge >= 0.3 is 0 Å². The highest BCUT2D eigenvalue weighted by Gasteiger charge is 2.56. The summed E-state index contributed by atoms with van der Waals surface area (Å²) in [5.74, 6) is 2.11. The molecule has 120 valence electrons. The molecule has 0 aliphatic heterocycles. The second-order valence-corrected chi connectivity index (χ2v) is 8.63. The second-order valence-electron chi connectivity index (χ2n) is 8.63. The highest BCUT2D eigenvalue weighted by Crippen LogP contribution is 2.64. The van der Waals surface area contributed by atoms with E-state index in [1.807, 2.05) is 0 Å². The first-order valence-corrected chi connectivity index (χ1v) is 9.02. The van der Waals surface area contributed by atoms with E-state index in [0.29, 0.717) is 11.3 Å². The Morgan fingerprint density at radius 3 is 2.64 bits per heavy atom. The molecule has 4 unspecified atom stereocenters. The number of allylic oxidation sites excluding steroid dienone is 3. The maximum atomic E-state index is 11.4. The van der Waals surface area contributed by atoms with Crippen LogP contribution in [0.2, 0.25) is 0 Å². The predicted molar refractivity (Wildman–Crippen MR) is 87.2 cm³/mol. The zero-order valence-electron chi connectivity index (χ0n) is 13.8. The van der Waals surface area contributed by atoms with E-state index in [0.717, 1.165) is 62.2 Å². The van der Waals surface area contributed by atoms with Crippen LogP contribution in [-0.2, 0) is 4.79 Å². The number of hydrogen-bond donors (Lipinski definition) is 1. The van der Waals surface area contributed by atoms with Crippen LogP contribution >= 0.6 is 0 Å². The van der Waals surface area contributed by atoms with Gasteiger partial charge < -0.3 is 5.11 Å². The molecule has 0 spiro atoms. The minimum atomic E-state index is -0.125. The molecule has 2 saturated carbocycles. The van der Waals surface area contributed by atoms with Gasteiger partial charge in [-0.1, -0.05) is 31.6 Å². The molecule has 22 heavy (non-hydrogen) atoms. The molecule has 0 amide bonds. The molecule has 6 atom stereocenters. The maximum Gasteiger partial charge on any atom is 0.146 e. The van der Waals surface area contributed by atoms with Crippen molar-refractivity contribution in [2.24, 2.45) is 28.6 Å². The summed E-state index contributed by atoms with van der Waals surface area (Å²) >= 11 is 0. The monoisotopic (exact) mass is 300 g/mol. The van der Waals surface area contributed by atoms with Crippen molar-refractivity contribution in [3.8, 4) is 0 Å². The smallest absolute Gasteiger partial charge is 0.146 e. The molecule has 0 aromatic rings. The first-order valence-electron chi connectivity index (χ1n) is 9.02. The summed E-state index contributed by atoms with van der Waals surface area (Å²) in [6, 6.07) is 0. The molecule has 2 nitrogen and oxygen atoms in total. The van der Waals surface area contributed by atoms with Crippen LogP contribution in [0.4, 0.5) is 0 Å². The van der Waals surface area contributed by atoms with Crippen molar-refractivity contribution in [3.05, 3.63) is 23.3 Å². The third-order valence-corrected chi connectivity index (χ3v) is 7.85. The van der Waals surface area contributed by atoms with E-state index in [2.05, 4.69) is 26.0 Å². The zero-order chi connectivity index (χ0) is 15.5. The number of rotatable bonds is 1. The highest BCUT2D eigenvalue weighted by atomic mass is 16.3. The number of carbonyl (C=O) groups is 1. The van der Waals surface area contributed by atoms with E-state index in [9.17, 15) is 9.90 Å². The lowest BCUT2D eigenvalue weighted by atomic mass is 9.47. The van der Waals surface area contributed by atoms with Gasteiger partial charge in [0.2, 0.25) is 0 Å². The fraction of sp³-hybridized carbons (Fsp3) is 0.750. The molecule has 4 aliphatic rings. The summed E-state index contributed by atoms with van der Waals surface area (Å²) in [5.41, 5.74) is 3.01. The van der Waals surface area contributed by atoms with E-state index in [1.54, 1.807) is 0 Å². The van der Waals surface area contributed by atoms with Gasteiger partial charge in [0.05, 0.1) is 6.10 Å². The zero-order valence-corrected chi connectivity index (χ0v) is 13.8. The Morgan fingerprint density at radius 2 is 1.86 bits per heavy atom. The average molecular weight is 300 g/mol. The molecule has 0 heterocycles. The van der Waals surface area contributed by atoms with Crippen molar-refractivity contribution in [1.29, 1.82) is 0 Å². The number of aliphatic hydroxyl groups is 1. The Labute approximate surface area is 133 Å². The minimum absolute atomic E-state index is 0.124. The standard InChI is InChI=1S/C20H28O2/c1-19-9-7-15(22)11-13(19)3-5-16-17-6-4-14(12-21)20(17,2)10-8-18(16)19/h3-4,12,15-18,22H,5-11H2,1-2H3/t15?,16?,17?,18?,19-,20+/m0/s1. The fourth-order valence-electron chi connectivity index (χ4n) is 6.42. The average Bonchev–Trinajstić information content (AvgIpc) is 2.84. The van der Waals surface area contributed by atoms with Gasteiger partial charge in [0.15, 0.2) is 0 Å². The van der Waals surface area contributed by atoms with Gasteiger partial charge in [-0.3, -0.25) is 4.79 Å². The van der Waals surface area contributed by atoms with E-state index < -0.39 is 0 Å². The minimum Gasteiger partial charge on any atom is -0.393 e. The van der Waals surface area contributed by atoms with Crippen molar-refractivity contribution < 1.29 is 9.90 Å². The van der Waals surface area contributed by atoms with Gasteiger partial charge in [0, 0.05) is 0 Å². The quantitative estimate of drug-likeness (QED) is 0.586. The lowest BCUT2D eigenvalue weighted by Gasteiger charge is -2.57. The molecule has 0 radical (unpaired) electrons. The van der Waals surface area contributed by atoms with Crippen LogP contribution in [0.25, 0.3) is 0 Å². The molecule has 4 rings (SSSR count). The highest BCUT2D eigenvalue weighted by molar-refractivity contribution is 5.76. The van der Waals surface area contributed by atoms with Gasteiger partial charge in [0.1, 0.15) is 6.29 Å². The number of aliphatic hydroxyl groups excluding tert-OH is 1. The number of aldehydes is 1. The number of fused-ring (bicyclic) bond motifs is 5. The molecular formula is C20H28O2. The van der Waals surface area contributed by atoms with Crippen LogP contribution in [0.3, 0.4) is 0 Å². The summed E-state index contributed by atoms with van der Waals surface area (Å²) in [5, 5.41) is 10.0. The number of carbonyl (C=O) groups excluding carboxylic acids is 1. The topological polar surface area (TPSA) is 37.3 Å². The lowest BCUT2D eigenvalue weighted by molar-refractivity contribution is -0.107. The van der Waals surface area contributed by atoms with Crippen LogP contribution in [0.5, 0.6) is 0 Å². The third-order valence-electron chi connectivity index (χ3n) is 7.85. The van der Waals surface area contributed by atoms with Crippen molar-refractivity contribution in [2.75, 3.05) is 0 Å². The molecule has 0 aromatic carbocycles. The van der Waals surface area contributed by atoms with Crippen molar-refractivity contribution in [2.45, 2.75) is 64.9 Å². The molecule has 2 fully saturated rings. The summed E-state index contributed by atoms with van der Waals surface area (Å²) < 4.78 is 0. The van der Waals surface area contributed by atoms with Crippen LogP contribution in [0, 0.1) is 28.6 Å². The van der Waals surface area contributed by atoms with Crippen LogP contribution in [0.15, 0.2) is 23.3 Å². The first-order chi connectivity index (χ1) is 10.5. The van der Waals surface area contributed by atoms with Gasteiger partial charge in [-0.15, -0.1) is 0 Å². The second kappa shape index (κ2) is 4.80. The molecule has 2 heteroatoms. The molecule has 0 aromatic heterocycles. The van der Waals surface area contributed by atoms with Crippen LogP contribution < -0.4 is 0 Å². The largest absolute Gasteiger partial charge is 0.393 e. The summed E-state index contributed by atoms with van der Waals surface area (Å²) in [6.45, 7) is 4.78. The van der Waals surface area contributed by atoms with Gasteiger partial charge in [-0.05, 0) is 79.1 Å². The SMILES string of the molecule is C[C@]12CCC(O)CC1=CCC1C2CC[C@]2(C)C(C=O)=CCC12.